The minimum absolute atomic E-state index is 0.0428. The van der Waals surface area contributed by atoms with Crippen LogP contribution in [0.15, 0.2) is 36.4 Å². The highest BCUT2D eigenvalue weighted by Crippen LogP contribution is 2.43. The van der Waals surface area contributed by atoms with Gasteiger partial charge in [-0.3, -0.25) is 4.90 Å². The first-order valence-corrected chi connectivity index (χ1v) is 14.7. The summed E-state index contributed by atoms with van der Waals surface area (Å²) in [5, 5.41) is 15.1. The van der Waals surface area contributed by atoms with Gasteiger partial charge in [0.05, 0.1) is 11.1 Å². The van der Waals surface area contributed by atoms with Crippen molar-refractivity contribution < 1.29 is 23.0 Å². The minimum Gasteiger partial charge on any atom is -0.508 e. The quantitative estimate of drug-likeness (QED) is 0.312. The molecule has 4 heterocycles. The van der Waals surface area contributed by atoms with E-state index >= 15 is 8.78 Å². The number of terminal acetylenes is 1. The number of phenolic OH excluding ortho intramolecular Hbond substituents is 1. The number of hydrogen-bond donors (Lipinski definition) is 2. The molecule has 4 aromatic rings. The second-order valence-electron chi connectivity index (χ2n) is 12.0. The zero-order valence-corrected chi connectivity index (χ0v) is 23.8. The third-order valence-corrected chi connectivity index (χ3v) is 9.13. The normalized spacial score (nSPS) is 24.0. The monoisotopic (exact) mass is 587 g/mol. The molecule has 3 aliphatic rings. The van der Waals surface area contributed by atoms with E-state index in [1.165, 1.54) is 18.2 Å². The molecule has 0 saturated carbocycles. The van der Waals surface area contributed by atoms with Crippen LogP contribution in [0.1, 0.15) is 31.7 Å². The first kappa shape index (κ1) is 27.7. The summed E-state index contributed by atoms with van der Waals surface area (Å²) in [5.74, 6) is 1.08. The van der Waals surface area contributed by atoms with Gasteiger partial charge in [0.1, 0.15) is 35.7 Å². The number of rotatable bonds is 5. The summed E-state index contributed by atoms with van der Waals surface area (Å²) < 4.78 is 53.4. The molecule has 3 fully saturated rings. The van der Waals surface area contributed by atoms with E-state index in [2.05, 4.69) is 26.1 Å². The number of aromatic hydroxyl groups is 1. The number of benzene rings is 3. The Morgan fingerprint density at radius 1 is 1.19 bits per heavy atom. The fourth-order valence-corrected chi connectivity index (χ4v) is 7.21. The largest absolute Gasteiger partial charge is 0.508 e. The van der Waals surface area contributed by atoms with Crippen LogP contribution in [-0.2, 0) is 0 Å². The zero-order valence-electron chi connectivity index (χ0n) is 23.8. The Balaban J connectivity index is 1.40. The molecule has 222 valence electrons. The van der Waals surface area contributed by atoms with Gasteiger partial charge in [-0.15, -0.1) is 6.42 Å². The summed E-state index contributed by atoms with van der Waals surface area (Å²) in [6.45, 7) is 5.21. The number of phenols is 1. The van der Waals surface area contributed by atoms with E-state index in [1.807, 2.05) is 11.8 Å². The van der Waals surface area contributed by atoms with Crippen molar-refractivity contribution in [3.05, 3.63) is 53.6 Å². The SMILES string of the molecule is C#Cc1cccc2cc(O)cc(-c3c(F)cc4c(N5CCN[C@H](C)C5)nc(OCC56CCCN5C[C@H](F)C6)nc4c3F)c12. The van der Waals surface area contributed by atoms with Gasteiger partial charge in [0, 0.05) is 60.5 Å². The Bertz CT molecular complexity index is 1790. The van der Waals surface area contributed by atoms with E-state index in [-0.39, 0.29) is 46.4 Å². The molecule has 0 bridgehead atoms. The van der Waals surface area contributed by atoms with Crippen LogP contribution in [0.25, 0.3) is 32.8 Å². The minimum atomic E-state index is -0.924. The third kappa shape index (κ3) is 4.71. The lowest BCUT2D eigenvalue weighted by Crippen LogP contribution is -2.49. The molecule has 1 unspecified atom stereocenters. The van der Waals surface area contributed by atoms with Crippen molar-refractivity contribution in [2.75, 3.05) is 44.2 Å². The second-order valence-corrected chi connectivity index (χ2v) is 12.0. The maximum absolute atomic E-state index is 16.7. The standard InChI is InChI=1S/C33H32F3N5O2/c1-3-20-6-4-7-21-12-23(42)13-24(27(20)21)28-26(35)14-25-30(29(28)36)38-32(39-31(25)40-11-9-37-19(2)16-40)43-18-33-8-5-10-41(33)17-22(34)15-33/h1,4,6-7,12-14,19,22,37,42H,5,8-11,15-18H2,2H3/t19-,22-,33?/m1/s1. The van der Waals surface area contributed by atoms with Gasteiger partial charge in [-0.25, -0.2) is 13.2 Å². The number of fused-ring (bicyclic) bond motifs is 3. The number of halogens is 3. The first-order valence-electron chi connectivity index (χ1n) is 14.7. The fourth-order valence-electron chi connectivity index (χ4n) is 7.21. The fraction of sp³-hybridized carbons (Fsp3) is 0.394. The average Bonchev–Trinajstić information content (AvgIpc) is 3.51. The maximum atomic E-state index is 16.7. The van der Waals surface area contributed by atoms with E-state index in [1.54, 1.807) is 18.2 Å². The van der Waals surface area contributed by atoms with E-state index in [4.69, 9.17) is 11.2 Å². The Morgan fingerprint density at radius 3 is 2.86 bits per heavy atom. The lowest BCUT2D eigenvalue weighted by atomic mass is 9.93. The molecule has 7 nitrogen and oxygen atoms in total. The van der Waals surface area contributed by atoms with Gasteiger partial charge in [0.25, 0.3) is 0 Å². The molecule has 3 saturated heterocycles. The van der Waals surface area contributed by atoms with Crippen LogP contribution < -0.4 is 15.0 Å². The molecule has 0 spiro atoms. The van der Waals surface area contributed by atoms with E-state index < -0.39 is 23.3 Å². The number of aromatic nitrogens is 2. The number of hydrogen-bond acceptors (Lipinski definition) is 7. The molecule has 0 amide bonds. The number of ether oxygens (including phenoxy) is 1. The Kier molecular flexibility index (Phi) is 6.83. The summed E-state index contributed by atoms with van der Waals surface area (Å²) in [4.78, 5) is 13.3. The van der Waals surface area contributed by atoms with Crippen molar-refractivity contribution in [1.82, 2.24) is 20.2 Å². The number of alkyl halides is 1. The Morgan fingerprint density at radius 2 is 2.05 bits per heavy atom. The average molecular weight is 588 g/mol. The molecular weight excluding hydrogens is 555 g/mol. The highest BCUT2D eigenvalue weighted by molar-refractivity contribution is 6.04. The summed E-state index contributed by atoms with van der Waals surface area (Å²) in [6, 6.07) is 9.30. The van der Waals surface area contributed by atoms with Gasteiger partial charge >= 0.3 is 6.01 Å². The van der Waals surface area contributed by atoms with Gasteiger partial charge in [-0.1, -0.05) is 18.1 Å². The Hall–Kier alpha value is -4.07. The van der Waals surface area contributed by atoms with Crippen LogP contribution in [-0.4, -0.2) is 77.1 Å². The van der Waals surface area contributed by atoms with Gasteiger partial charge in [0.15, 0.2) is 5.82 Å². The molecule has 0 radical (unpaired) electrons. The highest BCUT2D eigenvalue weighted by atomic mass is 19.1. The van der Waals surface area contributed by atoms with Crippen molar-refractivity contribution in [2.24, 2.45) is 0 Å². The summed E-state index contributed by atoms with van der Waals surface area (Å²) in [6.07, 6.45) is 6.95. The van der Waals surface area contributed by atoms with Crippen molar-refractivity contribution in [3.63, 3.8) is 0 Å². The molecular formula is C33H32F3N5O2. The van der Waals surface area contributed by atoms with E-state index in [9.17, 15) is 9.50 Å². The molecule has 10 heteroatoms. The van der Waals surface area contributed by atoms with Gasteiger partial charge in [-0.2, -0.15) is 9.97 Å². The lowest BCUT2D eigenvalue weighted by Gasteiger charge is -2.34. The molecule has 3 atom stereocenters. The summed E-state index contributed by atoms with van der Waals surface area (Å²) in [7, 11) is 0. The molecule has 2 N–H and O–H groups in total. The molecule has 3 aromatic carbocycles. The number of nitrogens with one attached hydrogen (secondary N) is 1. The first-order chi connectivity index (χ1) is 20.8. The third-order valence-electron chi connectivity index (χ3n) is 9.13. The van der Waals surface area contributed by atoms with Crippen LogP contribution >= 0.6 is 0 Å². The topological polar surface area (TPSA) is 73.8 Å². The van der Waals surface area contributed by atoms with Crippen molar-refractivity contribution in [2.45, 2.75) is 43.9 Å². The lowest BCUT2D eigenvalue weighted by molar-refractivity contribution is 0.107. The van der Waals surface area contributed by atoms with Crippen LogP contribution in [0.3, 0.4) is 0 Å². The maximum Gasteiger partial charge on any atom is 0.319 e. The molecule has 7 rings (SSSR count). The second kappa shape index (κ2) is 10.6. The van der Waals surface area contributed by atoms with Crippen molar-refractivity contribution in [1.29, 1.82) is 0 Å². The predicted octanol–water partition coefficient (Wildman–Crippen LogP) is 5.17. The van der Waals surface area contributed by atoms with E-state index in [0.29, 0.717) is 54.8 Å². The number of piperazine rings is 1. The van der Waals surface area contributed by atoms with Gasteiger partial charge in [0.2, 0.25) is 0 Å². The van der Waals surface area contributed by atoms with Crippen LogP contribution in [0, 0.1) is 24.0 Å². The zero-order chi connectivity index (χ0) is 29.9. The van der Waals surface area contributed by atoms with Crippen molar-refractivity contribution in [3.8, 4) is 35.2 Å². The molecule has 0 aliphatic carbocycles. The molecule has 3 aliphatic heterocycles. The van der Waals surface area contributed by atoms with Gasteiger partial charge in [-0.05, 0) is 56.0 Å². The number of anilines is 1. The van der Waals surface area contributed by atoms with Gasteiger partial charge < -0.3 is 20.1 Å². The van der Waals surface area contributed by atoms with E-state index in [0.717, 1.165) is 19.4 Å². The smallest absolute Gasteiger partial charge is 0.319 e. The number of nitrogens with zero attached hydrogens (tertiary/aromatic N) is 4. The van der Waals surface area contributed by atoms with Crippen LogP contribution in [0.4, 0.5) is 19.0 Å². The van der Waals surface area contributed by atoms with Crippen LogP contribution in [0.2, 0.25) is 0 Å². The predicted molar refractivity (Wildman–Crippen MR) is 160 cm³/mol. The van der Waals surface area contributed by atoms with Crippen LogP contribution in [0.5, 0.6) is 11.8 Å². The highest BCUT2D eigenvalue weighted by Gasteiger charge is 2.49. The summed E-state index contributed by atoms with van der Waals surface area (Å²) in [5.41, 5.74) is -0.332. The summed E-state index contributed by atoms with van der Waals surface area (Å²) >= 11 is 0. The molecule has 1 aromatic heterocycles. The Labute approximate surface area is 247 Å². The van der Waals surface area contributed by atoms with Crippen molar-refractivity contribution >= 4 is 27.5 Å². The molecule has 43 heavy (non-hydrogen) atoms.